The molecule has 6 nitrogen and oxygen atoms in total. The van der Waals surface area contributed by atoms with E-state index in [1.807, 2.05) is 11.8 Å². The van der Waals surface area contributed by atoms with E-state index in [4.69, 9.17) is 4.74 Å². The minimum absolute atomic E-state index is 0.0305. The Morgan fingerprint density at radius 2 is 2.14 bits per heavy atom. The maximum absolute atomic E-state index is 13.4. The van der Waals surface area contributed by atoms with Crippen LogP contribution < -0.4 is 4.74 Å². The second-order valence-electron chi connectivity index (χ2n) is 7.14. The summed E-state index contributed by atoms with van der Waals surface area (Å²) in [7, 11) is 0. The van der Waals surface area contributed by atoms with Gasteiger partial charge >= 0.3 is 0 Å². The molecule has 0 aliphatic heterocycles. The molecular formula is C21H23FN4O2S. The summed E-state index contributed by atoms with van der Waals surface area (Å²) in [5.41, 5.74) is 1.38. The fourth-order valence-electron chi connectivity index (χ4n) is 3.38. The first-order valence-electron chi connectivity index (χ1n) is 9.78. The Bertz CT molecular complexity index is 952. The fourth-order valence-corrected chi connectivity index (χ4v) is 4.27. The molecular weight excluding hydrogens is 391 g/mol. The van der Waals surface area contributed by atoms with Crippen molar-refractivity contribution in [3.05, 3.63) is 53.2 Å². The van der Waals surface area contributed by atoms with Crippen LogP contribution >= 0.6 is 11.3 Å². The SMILES string of the molecule is Cc1nc(C(=O)N(CCCOc2ccc(F)cc2)C2CCC2)c(-c2cn[nH]c2)s1. The maximum Gasteiger partial charge on any atom is 0.274 e. The van der Waals surface area contributed by atoms with Gasteiger partial charge in [0.05, 0.1) is 22.7 Å². The lowest BCUT2D eigenvalue weighted by molar-refractivity contribution is 0.0561. The van der Waals surface area contributed by atoms with Crippen LogP contribution in [-0.4, -0.2) is 45.2 Å². The predicted molar refractivity (Wildman–Crippen MR) is 110 cm³/mol. The van der Waals surface area contributed by atoms with Gasteiger partial charge in [0.2, 0.25) is 0 Å². The molecule has 29 heavy (non-hydrogen) atoms. The van der Waals surface area contributed by atoms with Gasteiger partial charge in [0, 0.05) is 24.3 Å². The van der Waals surface area contributed by atoms with Crippen molar-refractivity contribution in [1.29, 1.82) is 0 Å². The van der Waals surface area contributed by atoms with Gasteiger partial charge in [-0.15, -0.1) is 11.3 Å². The molecule has 3 aromatic rings. The summed E-state index contributed by atoms with van der Waals surface area (Å²) >= 11 is 1.51. The Labute approximate surface area is 172 Å². The summed E-state index contributed by atoms with van der Waals surface area (Å²) in [4.78, 5) is 20.7. The normalized spacial score (nSPS) is 13.9. The van der Waals surface area contributed by atoms with Crippen molar-refractivity contribution >= 4 is 17.2 Å². The second kappa shape index (κ2) is 8.73. The van der Waals surface area contributed by atoms with Crippen LogP contribution in [0.2, 0.25) is 0 Å². The Hall–Kier alpha value is -2.74. The number of carbonyl (C=O) groups is 1. The molecule has 1 aromatic carbocycles. The summed E-state index contributed by atoms with van der Waals surface area (Å²) in [5.74, 6) is 0.313. The highest BCUT2D eigenvalue weighted by Gasteiger charge is 2.32. The van der Waals surface area contributed by atoms with E-state index >= 15 is 0 Å². The number of hydrogen-bond donors (Lipinski definition) is 1. The van der Waals surface area contributed by atoms with E-state index in [2.05, 4.69) is 15.2 Å². The highest BCUT2D eigenvalue weighted by Crippen LogP contribution is 2.33. The predicted octanol–water partition coefficient (Wildman–Crippen LogP) is 4.44. The zero-order valence-electron chi connectivity index (χ0n) is 16.2. The second-order valence-corrected chi connectivity index (χ2v) is 8.34. The van der Waals surface area contributed by atoms with Crippen molar-refractivity contribution in [2.24, 2.45) is 0 Å². The Morgan fingerprint density at radius 1 is 1.34 bits per heavy atom. The third-order valence-electron chi connectivity index (χ3n) is 5.10. The van der Waals surface area contributed by atoms with Gasteiger partial charge in [-0.3, -0.25) is 9.89 Å². The Balaban J connectivity index is 1.43. The smallest absolute Gasteiger partial charge is 0.274 e. The van der Waals surface area contributed by atoms with Crippen LogP contribution in [0.1, 0.15) is 41.2 Å². The number of amides is 1. The van der Waals surface area contributed by atoms with E-state index in [1.165, 1.54) is 23.5 Å². The third kappa shape index (κ3) is 4.48. The van der Waals surface area contributed by atoms with Crippen LogP contribution in [0.3, 0.4) is 0 Å². The summed E-state index contributed by atoms with van der Waals surface area (Å²) in [5, 5.41) is 7.66. The summed E-state index contributed by atoms with van der Waals surface area (Å²) in [6, 6.07) is 6.23. The minimum atomic E-state index is -0.286. The number of aromatic nitrogens is 3. The van der Waals surface area contributed by atoms with Gasteiger partial charge in [0.15, 0.2) is 0 Å². The van der Waals surface area contributed by atoms with E-state index in [1.54, 1.807) is 24.5 Å². The topological polar surface area (TPSA) is 71.1 Å². The number of aromatic amines is 1. The molecule has 152 valence electrons. The number of thiazole rings is 1. The van der Waals surface area contributed by atoms with Crippen molar-refractivity contribution in [3.8, 4) is 16.2 Å². The van der Waals surface area contributed by atoms with Gasteiger partial charge in [0.25, 0.3) is 5.91 Å². The molecule has 0 radical (unpaired) electrons. The number of aryl methyl sites for hydroxylation is 1. The molecule has 1 aliphatic carbocycles. The average molecular weight is 415 g/mol. The lowest BCUT2D eigenvalue weighted by atomic mass is 9.91. The fraction of sp³-hybridized carbons (Fsp3) is 0.381. The first-order chi connectivity index (χ1) is 14.1. The average Bonchev–Trinajstić information content (AvgIpc) is 3.33. The first kappa shape index (κ1) is 19.6. The van der Waals surface area contributed by atoms with E-state index in [0.717, 1.165) is 34.7 Å². The number of H-pyrrole nitrogens is 1. The van der Waals surface area contributed by atoms with Crippen LogP contribution in [0.25, 0.3) is 10.4 Å². The number of carbonyl (C=O) groups excluding carboxylic acids is 1. The van der Waals surface area contributed by atoms with Gasteiger partial charge in [0.1, 0.15) is 17.3 Å². The molecule has 1 aliphatic rings. The van der Waals surface area contributed by atoms with Crippen molar-refractivity contribution in [2.45, 2.75) is 38.6 Å². The highest BCUT2D eigenvalue weighted by atomic mass is 32.1. The molecule has 1 N–H and O–H groups in total. The number of nitrogens with one attached hydrogen (secondary N) is 1. The molecule has 1 fully saturated rings. The van der Waals surface area contributed by atoms with Crippen LogP contribution in [-0.2, 0) is 0 Å². The van der Waals surface area contributed by atoms with E-state index < -0.39 is 0 Å². The molecule has 2 aromatic heterocycles. The van der Waals surface area contributed by atoms with Crippen LogP contribution in [0.15, 0.2) is 36.7 Å². The number of nitrogens with zero attached hydrogens (tertiary/aromatic N) is 3. The molecule has 0 saturated heterocycles. The number of hydrogen-bond acceptors (Lipinski definition) is 5. The van der Waals surface area contributed by atoms with Crippen LogP contribution in [0.4, 0.5) is 4.39 Å². The zero-order valence-corrected chi connectivity index (χ0v) is 17.0. The summed E-state index contributed by atoms with van der Waals surface area (Å²) < 4.78 is 18.7. The Kier molecular flexibility index (Phi) is 5.89. The lowest BCUT2D eigenvalue weighted by Gasteiger charge is -2.37. The number of halogens is 1. The van der Waals surface area contributed by atoms with Crippen LogP contribution in [0.5, 0.6) is 5.75 Å². The molecule has 1 saturated carbocycles. The van der Waals surface area contributed by atoms with Crippen molar-refractivity contribution in [3.63, 3.8) is 0 Å². The zero-order chi connectivity index (χ0) is 20.2. The summed E-state index contributed by atoms with van der Waals surface area (Å²) in [6.07, 6.45) is 7.39. The van der Waals surface area contributed by atoms with E-state index in [0.29, 0.717) is 31.0 Å². The quantitative estimate of drug-likeness (QED) is 0.553. The molecule has 8 heteroatoms. The molecule has 2 heterocycles. The molecule has 4 rings (SSSR count). The number of rotatable bonds is 8. The molecule has 0 atom stereocenters. The molecule has 0 bridgehead atoms. The molecule has 0 unspecified atom stereocenters. The van der Waals surface area contributed by atoms with Gasteiger partial charge in [-0.1, -0.05) is 0 Å². The minimum Gasteiger partial charge on any atom is -0.494 e. The lowest BCUT2D eigenvalue weighted by Crippen LogP contribution is -2.45. The molecule has 0 spiro atoms. The Morgan fingerprint density at radius 3 is 2.79 bits per heavy atom. The largest absolute Gasteiger partial charge is 0.494 e. The molecule has 1 amide bonds. The standard InChI is InChI=1S/C21H23FN4O2S/c1-14-25-19(20(29-14)15-12-23-24-13-15)21(27)26(17-4-2-5-17)10-3-11-28-18-8-6-16(22)7-9-18/h6-9,12-13,17H,2-5,10-11H2,1H3,(H,23,24). The van der Waals surface area contributed by atoms with Crippen molar-refractivity contribution in [1.82, 2.24) is 20.1 Å². The number of benzene rings is 1. The third-order valence-corrected chi connectivity index (χ3v) is 6.12. The number of ether oxygens (including phenoxy) is 1. The van der Waals surface area contributed by atoms with Crippen molar-refractivity contribution in [2.75, 3.05) is 13.2 Å². The van der Waals surface area contributed by atoms with Crippen LogP contribution in [0, 0.1) is 12.7 Å². The van der Waals surface area contributed by atoms with Gasteiger partial charge < -0.3 is 9.64 Å². The van der Waals surface area contributed by atoms with Gasteiger partial charge in [-0.25, -0.2) is 9.37 Å². The van der Waals surface area contributed by atoms with E-state index in [9.17, 15) is 9.18 Å². The first-order valence-corrected chi connectivity index (χ1v) is 10.6. The monoisotopic (exact) mass is 414 g/mol. The van der Waals surface area contributed by atoms with E-state index in [-0.39, 0.29) is 17.8 Å². The van der Waals surface area contributed by atoms with Gasteiger partial charge in [-0.05, 0) is 56.9 Å². The summed E-state index contributed by atoms with van der Waals surface area (Å²) in [6.45, 7) is 2.98. The van der Waals surface area contributed by atoms with Gasteiger partial charge in [-0.2, -0.15) is 5.10 Å². The highest BCUT2D eigenvalue weighted by molar-refractivity contribution is 7.15. The maximum atomic E-state index is 13.4. The van der Waals surface area contributed by atoms with Crippen molar-refractivity contribution < 1.29 is 13.9 Å².